The van der Waals surface area contributed by atoms with Crippen LogP contribution in [0.3, 0.4) is 0 Å². The third-order valence-corrected chi connectivity index (χ3v) is 3.03. The number of thiocarbonyl (C=S) groups is 1. The molecule has 0 aliphatic rings. The Kier molecular flexibility index (Phi) is 7.07. The molecule has 0 saturated heterocycles. The summed E-state index contributed by atoms with van der Waals surface area (Å²) in [6, 6.07) is 9.86. The van der Waals surface area contributed by atoms with E-state index >= 15 is 0 Å². The molecule has 1 aromatic rings. The van der Waals surface area contributed by atoms with E-state index in [0.29, 0.717) is 24.5 Å². The fraction of sp³-hybridized carbons (Fsp3) is 0.429. The summed E-state index contributed by atoms with van der Waals surface area (Å²) in [4.78, 5) is 14.3. The quantitative estimate of drug-likeness (QED) is 0.704. The summed E-state index contributed by atoms with van der Waals surface area (Å²) in [5, 5.41) is 2.91. The summed E-state index contributed by atoms with van der Waals surface area (Å²) in [7, 11) is 0. The number of benzene rings is 1. The van der Waals surface area contributed by atoms with Gasteiger partial charge in [0.15, 0.2) is 0 Å². The van der Waals surface area contributed by atoms with Crippen LogP contribution in [-0.2, 0) is 11.3 Å². The minimum atomic E-state index is 0.0219. The molecule has 1 rings (SSSR count). The second kappa shape index (κ2) is 8.61. The van der Waals surface area contributed by atoms with Gasteiger partial charge in [0.1, 0.15) is 0 Å². The highest BCUT2D eigenvalue weighted by molar-refractivity contribution is 7.80. The molecule has 4 nitrogen and oxygen atoms in total. The molecule has 0 aromatic heterocycles. The third-order valence-electron chi connectivity index (χ3n) is 2.82. The average molecular weight is 279 g/mol. The van der Waals surface area contributed by atoms with Crippen molar-refractivity contribution in [2.24, 2.45) is 5.73 Å². The zero-order valence-corrected chi connectivity index (χ0v) is 12.1. The maximum atomic E-state index is 11.8. The number of carbonyl (C=O) groups excluding carboxylic acids is 1. The van der Waals surface area contributed by atoms with Crippen LogP contribution in [0, 0.1) is 0 Å². The normalized spacial score (nSPS) is 10.4. The summed E-state index contributed by atoms with van der Waals surface area (Å²) in [5.41, 5.74) is 6.56. The highest BCUT2D eigenvalue weighted by atomic mass is 32.1. The van der Waals surface area contributed by atoms with E-state index in [1.54, 1.807) is 0 Å². The van der Waals surface area contributed by atoms with Crippen molar-refractivity contribution in [1.29, 1.82) is 0 Å². The highest BCUT2D eigenvalue weighted by Crippen LogP contribution is 1.97. The molecule has 0 heterocycles. The van der Waals surface area contributed by atoms with E-state index < -0.39 is 0 Å². The maximum absolute atomic E-state index is 11.8. The third kappa shape index (κ3) is 6.88. The predicted octanol–water partition coefficient (Wildman–Crippen LogP) is 1.30. The van der Waals surface area contributed by atoms with Crippen molar-refractivity contribution in [3.05, 3.63) is 35.9 Å². The second-order valence-corrected chi connectivity index (χ2v) is 4.87. The van der Waals surface area contributed by atoms with Crippen LogP contribution in [0.15, 0.2) is 30.3 Å². The number of likely N-dealkylation sites (N-methyl/N-ethyl adjacent to an activating group) is 1. The Balaban J connectivity index is 2.30. The van der Waals surface area contributed by atoms with Crippen molar-refractivity contribution in [3.8, 4) is 0 Å². The van der Waals surface area contributed by atoms with E-state index in [0.717, 1.165) is 18.7 Å². The molecule has 1 aromatic carbocycles. The number of amides is 1. The van der Waals surface area contributed by atoms with E-state index in [2.05, 4.69) is 5.32 Å². The van der Waals surface area contributed by atoms with Gasteiger partial charge in [0.2, 0.25) is 5.91 Å². The Hall–Kier alpha value is -1.46. The summed E-state index contributed by atoms with van der Waals surface area (Å²) in [6.45, 7) is 4.49. The Morgan fingerprint density at radius 3 is 2.63 bits per heavy atom. The molecular formula is C14H21N3OS. The monoisotopic (exact) mass is 279 g/mol. The smallest absolute Gasteiger partial charge is 0.234 e. The highest BCUT2D eigenvalue weighted by Gasteiger charge is 2.08. The van der Waals surface area contributed by atoms with Crippen molar-refractivity contribution in [2.45, 2.75) is 19.9 Å². The largest absolute Gasteiger partial charge is 0.393 e. The first-order valence-corrected chi connectivity index (χ1v) is 6.84. The molecule has 0 spiro atoms. The topological polar surface area (TPSA) is 58.4 Å². The van der Waals surface area contributed by atoms with Crippen LogP contribution < -0.4 is 11.1 Å². The fourth-order valence-corrected chi connectivity index (χ4v) is 1.76. The van der Waals surface area contributed by atoms with Gasteiger partial charge in [0.05, 0.1) is 11.5 Å². The van der Waals surface area contributed by atoms with Gasteiger partial charge in [0.25, 0.3) is 0 Å². The number of nitrogens with zero attached hydrogens (tertiary/aromatic N) is 1. The molecule has 0 aliphatic carbocycles. The summed E-state index contributed by atoms with van der Waals surface area (Å²) < 4.78 is 0. The first-order valence-electron chi connectivity index (χ1n) is 6.43. The molecule has 5 heteroatoms. The molecule has 19 heavy (non-hydrogen) atoms. The summed E-state index contributed by atoms with van der Waals surface area (Å²) >= 11 is 4.84. The molecule has 0 unspecified atom stereocenters. The van der Waals surface area contributed by atoms with E-state index in [-0.39, 0.29) is 5.91 Å². The van der Waals surface area contributed by atoms with Gasteiger partial charge < -0.3 is 11.1 Å². The lowest BCUT2D eigenvalue weighted by Gasteiger charge is -2.19. The predicted molar refractivity (Wildman–Crippen MR) is 81.8 cm³/mol. The first-order chi connectivity index (χ1) is 9.11. The lowest BCUT2D eigenvalue weighted by molar-refractivity contribution is -0.122. The van der Waals surface area contributed by atoms with Crippen LogP contribution >= 0.6 is 12.2 Å². The number of nitrogens with two attached hydrogens (primary N) is 1. The molecule has 0 radical (unpaired) electrons. The zero-order valence-electron chi connectivity index (χ0n) is 11.3. The van der Waals surface area contributed by atoms with Gasteiger partial charge in [-0.1, -0.05) is 49.5 Å². The van der Waals surface area contributed by atoms with Crippen LogP contribution in [0.25, 0.3) is 0 Å². The number of carbonyl (C=O) groups is 1. The molecule has 104 valence electrons. The SMILES string of the molecule is CCN(CCC(N)=S)CC(=O)NCc1ccccc1. The van der Waals surface area contributed by atoms with Gasteiger partial charge in [-0.25, -0.2) is 0 Å². The maximum Gasteiger partial charge on any atom is 0.234 e. The van der Waals surface area contributed by atoms with Crippen molar-refractivity contribution in [1.82, 2.24) is 10.2 Å². The molecule has 0 atom stereocenters. The molecule has 3 N–H and O–H groups in total. The van der Waals surface area contributed by atoms with Crippen molar-refractivity contribution < 1.29 is 4.79 Å². The standard InChI is InChI=1S/C14H21N3OS/c1-2-17(9-8-13(15)19)11-14(18)16-10-12-6-4-3-5-7-12/h3-7H,2,8-11H2,1H3,(H2,15,19)(H,16,18). The van der Waals surface area contributed by atoms with Crippen molar-refractivity contribution >= 4 is 23.1 Å². The van der Waals surface area contributed by atoms with Gasteiger partial charge in [0, 0.05) is 19.5 Å². The fourth-order valence-electron chi connectivity index (χ4n) is 1.67. The molecular weight excluding hydrogens is 258 g/mol. The minimum absolute atomic E-state index is 0.0219. The van der Waals surface area contributed by atoms with Gasteiger partial charge in [-0.05, 0) is 12.1 Å². The number of rotatable bonds is 8. The van der Waals surface area contributed by atoms with E-state index in [9.17, 15) is 4.79 Å². The minimum Gasteiger partial charge on any atom is -0.393 e. The van der Waals surface area contributed by atoms with E-state index in [1.807, 2.05) is 42.2 Å². The number of hydrogen-bond donors (Lipinski definition) is 2. The Morgan fingerprint density at radius 1 is 1.37 bits per heavy atom. The van der Waals surface area contributed by atoms with Crippen LogP contribution in [0.5, 0.6) is 0 Å². The van der Waals surface area contributed by atoms with Crippen molar-refractivity contribution in [3.63, 3.8) is 0 Å². The van der Waals surface area contributed by atoms with Crippen LogP contribution in [-0.4, -0.2) is 35.4 Å². The van der Waals surface area contributed by atoms with Gasteiger partial charge >= 0.3 is 0 Å². The summed E-state index contributed by atoms with van der Waals surface area (Å²) in [6.07, 6.45) is 0.648. The van der Waals surface area contributed by atoms with Crippen molar-refractivity contribution in [2.75, 3.05) is 19.6 Å². The Morgan fingerprint density at radius 2 is 2.05 bits per heavy atom. The average Bonchev–Trinajstić information content (AvgIpc) is 2.42. The Bertz CT molecular complexity index is 408. The molecule has 0 bridgehead atoms. The van der Waals surface area contributed by atoms with Crippen LogP contribution in [0.4, 0.5) is 0 Å². The van der Waals surface area contributed by atoms with E-state index in [1.165, 1.54) is 0 Å². The first kappa shape index (κ1) is 15.6. The molecule has 0 fully saturated rings. The van der Waals surface area contributed by atoms with Crippen LogP contribution in [0.1, 0.15) is 18.9 Å². The molecule has 0 aliphatic heterocycles. The summed E-state index contributed by atoms with van der Waals surface area (Å²) in [5.74, 6) is 0.0219. The lowest BCUT2D eigenvalue weighted by atomic mass is 10.2. The lowest BCUT2D eigenvalue weighted by Crippen LogP contribution is -2.38. The number of nitrogens with one attached hydrogen (secondary N) is 1. The van der Waals surface area contributed by atoms with Gasteiger partial charge in [-0.3, -0.25) is 9.69 Å². The second-order valence-electron chi connectivity index (χ2n) is 4.35. The zero-order chi connectivity index (χ0) is 14.1. The Labute approximate surface area is 120 Å². The van der Waals surface area contributed by atoms with Crippen LogP contribution in [0.2, 0.25) is 0 Å². The molecule has 1 amide bonds. The molecule has 0 saturated carbocycles. The van der Waals surface area contributed by atoms with Gasteiger partial charge in [-0.2, -0.15) is 0 Å². The van der Waals surface area contributed by atoms with E-state index in [4.69, 9.17) is 18.0 Å². The number of hydrogen-bond acceptors (Lipinski definition) is 3. The van der Waals surface area contributed by atoms with Gasteiger partial charge in [-0.15, -0.1) is 0 Å².